The Morgan fingerprint density at radius 2 is 2.10 bits per heavy atom. The summed E-state index contributed by atoms with van der Waals surface area (Å²) in [5.74, 6) is -0.852. The van der Waals surface area contributed by atoms with Crippen LogP contribution in [0.2, 0.25) is 0 Å². The minimum Gasteiger partial charge on any atom is -0.480 e. The second-order valence-electron chi connectivity index (χ2n) is 7.13. The van der Waals surface area contributed by atoms with E-state index in [1.807, 2.05) is 12.1 Å². The number of aryl methyl sites for hydroxylation is 1. The molecule has 2 heterocycles. The van der Waals surface area contributed by atoms with Gasteiger partial charge in [-0.3, -0.25) is 4.79 Å². The predicted octanol–water partition coefficient (Wildman–Crippen LogP) is 2.36. The molecule has 29 heavy (non-hydrogen) atoms. The number of amides is 1. The Bertz CT molecular complexity index is 1000. The first kappa shape index (κ1) is 18.8. The van der Waals surface area contributed by atoms with Crippen LogP contribution in [0.15, 0.2) is 55.2 Å². The van der Waals surface area contributed by atoms with Crippen LogP contribution in [0.4, 0.5) is 0 Å². The van der Waals surface area contributed by atoms with Gasteiger partial charge >= 0.3 is 5.97 Å². The zero-order valence-electron chi connectivity index (χ0n) is 15.7. The van der Waals surface area contributed by atoms with Crippen LogP contribution < -0.4 is 5.32 Å². The molecule has 0 saturated heterocycles. The first-order valence-corrected chi connectivity index (χ1v) is 9.54. The molecule has 2 N–H and O–H groups in total. The van der Waals surface area contributed by atoms with Gasteiger partial charge in [-0.25, -0.2) is 19.4 Å². The van der Waals surface area contributed by atoms with Crippen molar-refractivity contribution in [2.24, 2.45) is 0 Å². The number of carbonyl (C=O) groups excluding carboxylic acids is 1. The molecule has 8 heteroatoms. The van der Waals surface area contributed by atoms with E-state index in [1.165, 1.54) is 34.7 Å². The molecule has 2 atom stereocenters. The maximum absolute atomic E-state index is 12.6. The number of rotatable bonds is 6. The van der Waals surface area contributed by atoms with Gasteiger partial charge in [-0.15, -0.1) is 0 Å². The first-order valence-electron chi connectivity index (χ1n) is 9.54. The van der Waals surface area contributed by atoms with Crippen molar-refractivity contribution >= 4 is 11.9 Å². The Balaban J connectivity index is 1.46. The van der Waals surface area contributed by atoms with Crippen LogP contribution in [0, 0.1) is 0 Å². The van der Waals surface area contributed by atoms with Crippen LogP contribution in [0.5, 0.6) is 0 Å². The third-order valence-corrected chi connectivity index (χ3v) is 5.28. The summed E-state index contributed by atoms with van der Waals surface area (Å²) in [4.78, 5) is 32.5. The minimum atomic E-state index is -1.03. The van der Waals surface area contributed by atoms with Gasteiger partial charge < -0.3 is 10.4 Å². The lowest BCUT2D eigenvalue weighted by Crippen LogP contribution is -2.42. The molecule has 0 saturated carbocycles. The molecule has 148 valence electrons. The van der Waals surface area contributed by atoms with E-state index < -0.39 is 17.9 Å². The quantitative estimate of drug-likeness (QED) is 0.667. The Morgan fingerprint density at radius 1 is 1.24 bits per heavy atom. The third-order valence-electron chi connectivity index (χ3n) is 5.28. The van der Waals surface area contributed by atoms with Gasteiger partial charge in [0.2, 0.25) is 0 Å². The van der Waals surface area contributed by atoms with Crippen LogP contribution in [0.25, 0.3) is 5.82 Å². The summed E-state index contributed by atoms with van der Waals surface area (Å²) in [7, 11) is 0. The van der Waals surface area contributed by atoms with Crippen LogP contribution >= 0.6 is 0 Å². The smallest absolute Gasteiger partial charge is 0.326 e. The molecular weight excluding hydrogens is 370 g/mol. The van der Waals surface area contributed by atoms with Crippen LogP contribution in [-0.4, -0.2) is 42.8 Å². The van der Waals surface area contributed by atoms with Gasteiger partial charge in [0.25, 0.3) is 5.91 Å². The molecule has 0 aliphatic heterocycles. The Kier molecular flexibility index (Phi) is 5.33. The van der Waals surface area contributed by atoms with Gasteiger partial charge in [0, 0.05) is 6.20 Å². The molecule has 2 unspecified atom stereocenters. The van der Waals surface area contributed by atoms with E-state index in [-0.39, 0.29) is 5.92 Å². The van der Waals surface area contributed by atoms with Crippen molar-refractivity contribution in [3.05, 3.63) is 71.9 Å². The fourth-order valence-electron chi connectivity index (χ4n) is 3.83. The van der Waals surface area contributed by atoms with Crippen molar-refractivity contribution in [2.45, 2.75) is 37.6 Å². The highest BCUT2D eigenvalue weighted by molar-refractivity contribution is 5.96. The van der Waals surface area contributed by atoms with Crippen molar-refractivity contribution in [2.75, 3.05) is 0 Å². The molecule has 0 spiro atoms. The van der Waals surface area contributed by atoms with Crippen molar-refractivity contribution in [3.8, 4) is 5.82 Å². The summed E-state index contributed by atoms with van der Waals surface area (Å²) in [6, 6.07) is 10.4. The number of aliphatic carboxylic acids is 1. The van der Waals surface area contributed by atoms with E-state index in [1.54, 1.807) is 12.1 Å². The molecule has 0 fully saturated rings. The number of benzene rings is 1. The normalized spacial score (nSPS) is 16.6. The topological polar surface area (TPSA) is 110 Å². The van der Waals surface area contributed by atoms with Crippen LogP contribution in [-0.2, 0) is 11.2 Å². The average Bonchev–Trinajstić information content (AvgIpc) is 3.28. The molecule has 1 aliphatic rings. The average molecular weight is 391 g/mol. The number of carboxylic acids is 1. The number of hydrogen-bond acceptors (Lipinski definition) is 5. The number of carboxylic acid groups (broad SMARTS) is 1. The van der Waals surface area contributed by atoms with E-state index >= 15 is 0 Å². The standard InChI is InChI=1S/C21H21N5O3/c27-20(16-8-9-19(23-11-16)26-13-22-12-24-26)25-18(21(28)29)10-15-6-3-5-14-4-1-2-7-17(14)15/h1-2,4,7-9,11-13,15,18H,3,5-6,10H2,(H,25,27)(H,28,29). The van der Waals surface area contributed by atoms with Crippen molar-refractivity contribution in [1.82, 2.24) is 25.1 Å². The first-order chi connectivity index (χ1) is 14.1. The van der Waals surface area contributed by atoms with Crippen LogP contribution in [0.1, 0.15) is 46.7 Å². The maximum Gasteiger partial charge on any atom is 0.326 e. The lowest BCUT2D eigenvalue weighted by atomic mass is 9.79. The van der Waals surface area contributed by atoms with Crippen molar-refractivity contribution < 1.29 is 14.7 Å². The van der Waals surface area contributed by atoms with E-state index in [0.717, 1.165) is 19.3 Å². The van der Waals surface area contributed by atoms with Gasteiger partial charge in [0.1, 0.15) is 18.7 Å². The van der Waals surface area contributed by atoms with Crippen molar-refractivity contribution in [1.29, 1.82) is 0 Å². The molecule has 1 amide bonds. The van der Waals surface area contributed by atoms with Gasteiger partial charge in [-0.1, -0.05) is 24.3 Å². The second kappa shape index (κ2) is 8.22. The Morgan fingerprint density at radius 3 is 2.83 bits per heavy atom. The zero-order valence-corrected chi connectivity index (χ0v) is 15.7. The number of nitrogens with zero attached hydrogens (tertiary/aromatic N) is 4. The number of hydrogen-bond donors (Lipinski definition) is 2. The lowest BCUT2D eigenvalue weighted by molar-refractivity contribution is -0.139. The lowest BCUT2D eigenvalue weighted by Gasteiger charge is -2.28. The van der Waals surface area contributed by atoms with E-state index in [2.05, 4.69) is 32.5 Å². The number of fused-ring (bicyclic) bond motifs is 1. The number of nitrogens with one attached hydrogen (secondary N) is 1. The SMILES string of the molecule is O=C(NC(CC1CCCc2ccccc21)C(=O)O)c1ccc(-n2cncn2)nc1. The number of aromatic nitrogens is 4. The largest absolute Gasteiger partial charge is 0.480 e. The highest BCUT2D eigenvalue weighted by Crippen LogP contribution is 2.34. The molecule has 3 aromatic rings. The third kappa shape index (κ3) is 4.16. The Labute approximate surface area is 167 Å². The number of pyridine rings is 1. The summed E-state index contributed by atoms with van der Waals surface area (Å²) >= 11 is 0. The van der Waals surface area contributed by atoms with Gasteiger partial charge in [0.15, 0.2) is 5.82 Å². The summed E-state index contributed by atoms with van der Waals surface area (Å²) in [5, 5.41) is 16.3. The second-order valence-corrected chi connectivity index (χ2v) is 7.13. The highest BCUT2D eigenvalue weighted by atomic mass is 16.4. The molecule has 1 aliphatic carbocycles. The van der Waals surface area contributed by atoms with Gasteiger partial charge in [0.05, 0.1) is 5.56 Å². The summed E-state index contributed by atoms with van der Waals surface area (Å²) < 4.78 is 1.47. The van der Waals surface area contributed by atoms with E-state index in [9.17, 15) is 14.7 Å². The molecule has 2 aromatic heterocycles. The molecular formula is C21H21N5O3. The van der Waals surface area contributed by atoms with E-state index in [0.29, 0.717) is 17.8 Å². The summed E-state index contributed by atoms with van der Waals surface area (Å²) in [6.45, 7) is 0. The Hall–Kier alpha value is -3.55. The highest BCUT2D eigenvalue weighted by Gasteiger charge is 2.28. The minimum absolute atomic E-state index is 0.120. The molecule has 4 rings (SSSR count). The summed E-state index contributed by atoms with van der Waals surface area (Å²) in [5.41, 5.74) is 2.76. The van der Waals surface area contributed by atoms with E-state index in [4.69, 9.17) is 0 Å². The van der Waals surface area contributed by atoms with Crippen molar-refractivity contribution in [3.63, 3.8) is 0 Å². The summed E-state index contributed by atoms with van der Waals surface area (Å²) in [6.07, 6.45) is 7.62. The number of carbonyl (C=O) groups is 2. The fraction of sp³-hybridized carbons (Fsp3) is 0.286. The van der Waals surface area contributed by atoms with Gasteiger partial charge in [-0.2, -0.15) is 5.10 Å². The zero-order chi connectivity index (χ0) is 20.2. The fourth-order valence-corrected chi connectivity index (χ4v) is 3.83. The monoisotopic (exact) mass is 391 g/mol. The van der Waals surface area contributed by atoms with Gasteiger partial charge in [-0.05, 0) is 54.9 Å². The molecule has 0 radical (unpaired) electrons. The molecule has 8 nitrogen and oxygen atoms in total. The predicted molar refractivity (Wildman–Crippen MR) is 105 cm³/mol. The maximum atomic E-state index is 12.6. The molecule has 1 aromatic carbocycles. The molecule has 0 bridgehead atoms. The van der Waals surface area contributed by atoms with Crippen LogP contribution in [0.3, 0.4) is 0 Å².